The summed E-state index contributed by atoms with van der Waals surface area (Å²) in [6.07, 6.45) is 2.64. The molecule has 0 spiro atoms. The smallest absolute Gasteiger partial charge is 0.128 e. The quantitative estimate of drug-likeness (QED) is 0.838. The zero-order valence-electron chi connectivity index (χ0n) is 11.4. The third-order valence-corrected chi connectivity index (χ3v) is 3.40. The van der Waals surface area contributed by atoms with Crippen molar-refractivity contribution in [3.8, 4) is 0 Å². The van der Waals surface area contributed by atoms with Crippen LogP contribution >= 0.6 is 0 Å². The van der Waals surface area contributed by atoms with E-state index in [1.165, 1.54) is 25.9 Å². The highest BCUT2D eigenvalue weighted by Gasteiger charge is 2.16. The van der Waals surface area contributed by atoms with Gasteiger partial charge in [0, 0.05) is 19.6 Å². The van der Waals surface area contributed by atoms with E-state index in [1.807, 2.05) is 18.2 Å². The Kier molecular flexibility index (Phi) is 4.81. The summed E-state index contributed by atoms with van der Waals surface area (Å²) in [6, 6.07) is 6.08. The van der Waals surface area contributed by atoms with Crippen LogP contribution in [0.1, 0.15) is 19.8 Å². The van der Waals surface area contributed by atoms with E-state index in [0.717, 1.165) is 30.6 Å². The highest BCUT2D eigenvalue weighted by molar-refractivity contribution is 5.44. The van der Waals surface area contributed by atoms with Gasteiger partial charge in [0.05, 0.1) is 0 Å². The third-order valence-electron chi connectivity index (χ3n) is 3.40. The average molecular weight is 248 g/mol. The van der Waals surface area contributed by atoms with Gasteiger partial charge in [-0.1, -0.05) is 6.07 Å². The number of pyridine rings is 1. The number of rotatable bonds is 5. The summed E-state index contributed by atoms with van der Waals surface area (Å²) in [7, 11) is 2.20. The first-order chi connectivity index (χ1) is 8.78. The Morgan fingerprint density at radius 2 is 2.11 bits per heavy atom. The van der Waals surface area contributed by atoms with Crippen molar-refractivity contribution in [3.63, 3.8) is 0 Å². The van der Waals surface area contributed by atoms with E-state index in [-0.39, 0.29) is 0 Å². The first-order valence-electron chi connectivity index (χ1n) is 6.91. The van der Waals surface area contributed by atoms with Crippen molar-refractivity contribution in [2.24, 2.45) is 5.92 Å². The number of aromatic nitrogens is 1. The van der Waals surface area contributed by atoms with Gasteiger partial charge in [-0.3, -0.25) is 0 Å². The molecule has 4 heteroatoms. The van der Waals surface area contributed by atoms with Crippen LogP contribution in [0.25, 0.3) is 0 Å². The van der Waals surface area contributed by atoms with Gasteiger partial charge in [0.2, 0.25) is 0 Å². The van der Waals surface area contributed by atoms with E-state index >= 15 is 0 Å². The fraction of sp³-hybridized carbons (Fsp3) is 0.643. The Bertz CT molecular complexity index is 367. The molecule has 1 aromatic rings. The molecule has 4 nitrogen and oxygen atoms in total. The molecule has 0 aliphatic carbocycles. The molecule has 0 bridgehead atoms. The summed E-state index contributed by atoms with van der Waals surface area (Å²) < 4.78 is 0. The molecule has 100 valence electrons. The van der Waals surface area contributed by atoms with Gasteiger partial charge in [-0.15, -0.1) is 0 Å². The monoisotopic (exact) mass is 248 g/mol. The second-order valence-corrected chi connectivity index (χ2v) is 5.09. The molecule has 0 radical (unpaired) electrons. The van der Waals surface area contributed by atoms with Crippen LogP contribution in [0.15, 0.2) is 18.2 Å². The topological polar surface area (TPSA) is 40.2 Å². The minimum Gasteiger partial charge on any atom is -0.370 e. The van der Waals surface area contributed by atoms with E-state index in [9.17, 15) is 0 Å². The predicted octanol–water partition coefficient (Wildman–Crippen LogP) is 2.27. The van der Waals surface area contributed by atoms with E-state index in [0.29, 0.717) is 0 Å². The highest BCUT2D eigenvalue weighted by atomic mass is 15.1. The third kappa shape index (κ3) is 3.88. The molecule has 0 saturated carbocycles. The van der Waals surface area contributed by atoms with Crippen molar-refractivity contribution in [2.45, 2.75) is 19.8 Å². The number of piperidine rings is 1. The first-order valence-corrected chi connectivity index (χ1v) is 6.91. The molecule has 18 heavy (non-hydrogen) atoms. The lowest BCUT2D eigenvalue weighted by molar-refractivity contribution is 0.217. The van der Waals surface area contributed by atoms with Crippen molar-refractivity contribution in [1.82, 2.24) is 9.88 Å². The Morgan fingerprint density at radius 1 is 1.33 bits per heavy atom. The van der Waals surface area contributed by atoms with Crippen molar-refractivity contribution >= 4 is 11.6 Å². The summed E-state index contributed by atoms with van der Waals surface area (Å²) in [5, 5.41) is 6.69. The summed E-state index contributed by atoms with van der Waals surface area (Å²) in [5.41, 5.74) is 0. The maximum atomic E-state index is 4.53. The average Bonchev–Trinajstić information content (AvgIpc) is 2.37. The van der Waals surface area contributed by atoms with Crippen LogP contribution in [-0.4, -0.2) is 43.1 Å². The summed E-state index contributed by atoms with van der Waals surface area (Å²) >= 11 is 0. The van der Waals surface area contributed by atoms with Crippen LogP contribution in [-0.2, 0) is 0 Å². The fourth-order valence-corrected chi connectivity index (χ4v) is 2.50. The van der Waals surface area contributed by atoms with Crippen LogP contribution in [0.5, 0.6) is 0 Å². The Morgan fingerprint density at radius 3 is 2.83 bits per heavy atom. The lowest BCUT2D eigenvalue weighted by Crippen LogP contribution is -2.35. The molecule has 1 atom stereocenters. The van der Waals surface area contributed by atoms with Crippen LogP contribution in [0.4, 0.5) is 11.6 Å². The minimum absolute atomic E-state index is 0.744. The molecule has 1 saturated heterocycles. The molecule has 2 heterocycles. The zero-order valence-corrected chi connectivity index (χ0v) is 11.4. The predicted molar refractivity (Wildman–Crippen MR) is 77.1 cm³/mol. The second kappa shape index (κ2) is 6.59. The van der Waals surface area contributed by atoms with E-state index in [2.05, 4.69) is 34.5 Å². The van der Waals surface area contributed by atoms with Crippen LogP contribution in [0, 0.1) is 5.92 Å². The van der Waals surface area contributed by atoms with Crippen molar-refractivity contribution in [2.75, 3.05) is 43.9 Å². The molecular formula is C14H24N4. The van der Waals surface area contributed by atoms with Gasteiger partial charge < -0.3 is 15.5 Å². The lowest BCUT2D eigenvalue weighted by atomic mass is 9.98. The number of anilines is 2. The molecule has 1 aliphatic heterocycles. The Balaban J connectivity index is 1.83. The van der Waals surface area contributed by atoms with Crippen molar-refractivity contribution in [1.29, 1.82) is 0 Å². The molecule has 1 unspecified atom stereocenters. The maximum Gasteiger partial charge on any atom is 0.128 e. The molecule has 2 N–H and O–H groups in total. The normalized spacial score (nSPS) is 20.7. The van der Waals surface area contributed by atoms with Crippen LogP contribution in [0.2, 0.25) is 0 Å². The van der Waals surface area contributed by atoms with Gasteiger partial charge in [0.1, 0.15) is 11.6 Å². The van der Waals surface area contributed by atoms with Gasteiger partial charge >= 0.3 is 0 Å². The molecule has 1 fully saturated rings. The largest absolute Gasteiger partial charge is 0.370 e. The highest BCUT2D eigenvalue weighted by Crippen LogP contribution is 2.16. The fourth-order valence-electron chi connectivity index (χ4n) is 2.50. The Labute approximate surface area is 110 Å². The number of likely N-dealkylation sites (tertiary alicyclic amines) is 1. The number of hydrogen-bond acceptors (Lipinski definition) is 4. The van der Waals surface area contributed by atoms with Gasteiger partial charge in [-0.05, 0) is 51.4 Å². The van der Waals surface area contributed by atoms with Gasteiger partial charge in [-0.25, -0.2) is 4.98 Å². The minimum atomic E-state index is 0.744. The standard InChI is InChI=1S/C14H24N4/c1-3-15-13-7-4-8-14(17-13)16-10-12-6-5-9-18(2)11-12/h4,7-8,12H,3,5-6,9-11H2,1-2H3,(H2,15,16,17). The number of nitrogens with one attached hydrogen (secondary N) is 2. The van der Waals surface area contributed by atoms with Crippen molar-refractivity contribution < 1.29 is 0 Å². The van der Waals surface area contributed by atoms with E-state index in [4.69, 9.17) is 0 Å². The maximum absolute atomic E-state index is 4.53. The Hall–Kier alpha value is -1.29. The second-order valence-electron chi connectivity index (χ2n) is 5.09. The van der Waals surface area contributed by atoms with E-state index in [1.54, 1.807) is 0 Å². The number of nitrogens with zero attached hydrogens (tertiary/aromatic N) is 2. The van der Waals surface area contributed by atoms with Crippen LogP contribution < -0.4 is 10.6 Å². The molecule has 0 amide bonds. The number of hydrogen-bond donors (Lipinski definition) is 2. The van der Waals surface area contributed by atoms with Crippen LogP contribution in [0.3, 0.4) is 0 Å². The first kappa shape index (κ1) is 13.1. The van der Waals surface area contributed by atoms with Gasteiger partial charge in [-0.2, -0.15) is 0 Å². The molecular weight excluding hydrogens is 224 g/mol. The zero-order chi connectivity index (χ0) is 12.8. The van der Waals surface area contributed by atoms with Crippen molar-refractivity contribution in [3.05, 3.63) is 18.2 Å². The molecule has 0 aromatic carbocycles. The summed E-state index contributed by atoms with van der Waals surface area (Å²) in [5.74, 6) is 2.67. The summed E-state index contributed by atoms with van der Waals surface area (Å²) in [6.45, 7) is 6.45. The van der Waals surface area contributed by atoms with E-state index < -0.39 is 0 Å². The van der Waals surface area contributed by atoms with Gasteiger partial charge in [0.25, 0.3) is 0 Å². The molecule has 1 aromatic heterocycles. The van der Waals surface area contributed by atoms with Gasteiger partial charge in [0.15, 0.2) is 0 Å². The summed E-state index contributed by atoms with van der Waals surface area (Å²) in [4.78, 5) is 6.95. The molecule has 2 rings (SSSR count). The molecule has 1 aliphatic rings. The SMILES string of the molecule is CCNc1cccc(NCC2CCCN(C)C2)n1. The lowest BCUT2D eigenvalue weighted by Gasteiger charge is -2.29.